The van der Waals surface area contributed by atoms with Crippen molar-refractivity contribution in [3.05, 3.63) is 12.2 Å². The van der Waals surface area contributed by atoms with Crippen molar-refractivity contribution in [2.24, 2.45) is 11.8 Å². The number of allylic oxidation sites excluding steroid dienone is 2. The molecule has 7 heteroatoms. The molecule has 0 aromatic heterocycles. The first-order valence-corrected chi connectivity index (χ1v) is 20.2. The number of esters is 3. The molecule has 0 saturated heterocycles. The molecule has 0 aromatic rings. The van der Waals surface area contributed by atoms with E-state index in [2.05, 4.69) is 17.1 Å². The highest BCUT2D eigenvalue weighted by Crippen LogP contribution is 2.28. The summed E-state index contributed by atoms with van der Waals surface area (Å²) in [5, 5.41) is 0. The van der Waals surface area contributed by atoms with Gasteiger partial charge in [0.1, 0.15) is 6.10 Å². The van der Waals surface area contributed by atoms with Crippen LogP contribution in [0.25, 0.3) is 0 Å². The lowest BCUT2D eigenvalue weighted by Gasteiger charge is -2.18. The van der Waals surface area contributed by atoms with E-state index >= 15 is 0 Å². The third-order valence-corrected chi connectivity index (χ3v) is 10.2. The van der Waals surface area contributed by atoms with Crippen LogP contribution in [0.15, 0.2) is 12.2 Å². The van der Waals surface area contributed by atoms with E-state index in [0.29, 0.717) is 38.4 Å². The molecule has 2 atom stereocenters. The van der Waals surface area contributed by atoms with Crippen LogP contribution < -0.4 is 0 Å². The van der Waals surface area contributed by atoms with Crippen LogP contribution in [0.5, 0.6) is 0 Å². The second-order valence-electron chi connectivity index (χ2n) is 15.0. The second-order valence-corrected chi connectivity index (χ2v) is 15.0. The van der Waals surface area contributed by atoms with Crippen molar-refractivity contribution in [3.8, 4) is 0 Å². The summed E-state index contributed by atoms with van der Waals surface area (Å²) in [6, 6.07) is 0. The van der Waals surface area contributed by atoms with Crippen LogP contribution in [-0.4, -0.2) is 62.8 Å². The van der Waals surface area contributed by atoms with Crippen LogP contribution in [0, 0.1) is 11.8 Å². The number of unbranched alkanes of at least 4 members (excludes halogenated alkanes) is 10. The molecule has 0 amide bonds. The molecule has 1 saturated carbocycles. The van der Waals surface area contributed by atoms with E-state index in [-0.39, 0.29) is 24.0 Å². The van der Waals surface area contributed by atoms with Gasteiger partial charge in [-0.25, -0.2) is 0 Å². The maximum Gasteiger partial charge on any atom is 0.306 e. The number of rotatable bonds is 31. The molecule has 0 aliphatic heterocycles. The highest BCUT2D eigenvalue weighted by atomic mass is 16.5. The largest absolute Gasteiger partial charge is 0.466 e. The Morgan fingerprint density at radius 1 is 0.625 bits per heavy atom. The first-order chi connectivity index (χ1) is 23.4. The minimum Gasteiger partial charge on any atom is -0.466 e. The van der Waals surface area contributed by atoms with E-state index in [9.17, 15) is 14.4 Å². The van der Waals surface area contributed by atoms with Crippen molar-refractivity contribution in [1.29, 1.82) is 0 Å². The van der Waals surface area contributed by atoms with Gasteiger partial charge >= 0.3 is 17.9 Å². The van der Waals surface area contributed by atoms with Crippen molar-refractivity contribution in [2.45, 2.75) is 186 Å². The highest BCUT2D eigenvalue weighted by Gasteiger charge is 2.16. The quantitative estimate of drug-likeness (QED) is 0.0313. The summed E-state index contributed by atoms with van der Waals surface area (Å²) in [5.74, 6) is 1.41. The van der Waals surface area contributed by atoms with Gasteiger partial charge in [0.25, 0.3) is 0 Å². The van der Waals surface area contributed by atoms with E-state index in [1.807, 2.05) is 14.1 Å². The molecule has 0 N–H and O–H groups in total. The first kappa shape index (κ1) is 42.3. The molecule has 48 heavy (non-hydrogen) atoms. The van der Waals surface area contributed by atoms with Gasteiger partial charge in [-0.3, -0.25) is 14.4 Å². The molecule has 1 fully saturated rings. The molecule has 0 bridgehead atoms. The summed E-state index contributed by atoms with van der Waals surface area (Å²) < 4.78 is 16.8. The molecule has 0 heterocycles. The molecule has 2 rings (SSSR count). The van der Waals surface area contributed by atoms with Gasteiger partial charge in [-0.05, 0) is 116 Å². The molecule has 2 aliphatic rings. The number of carbonyl (C=O) groups is 3. The molecule has 0 spiro atoms. The molecule has 2 unspecified atom stereocenters. The summed E-state index contributed by atoms with van der Waals surface area (Å²) in [5.41, 5.74) is 0. The maximum absolute atomic E-state index is 12.5. The molecule has 7 nitrogen and oxygen atoms in total. The van der Waals surface area contributed by atoms with Crippen LogP contribution in [0.3, 0.4) is 0 Å². The van der Waals surface area contributed by atoms with E-state index in [0.717, 1.165) is 128 Å². The fraction of sp³-hybridized carbons (Fsp3) is 0.878. The third-order valence-electron chi connectivity index (χ3n) is 10.2. The summed E-state index contributed by atoms with van der Waals surface area (Å²) in [4.78, 5) is 38.7. The van der Waals surface area contributed by atoms with E-state index in [1.54, 1.807) is 0 Å². The molecular formula is C41H73NO6. The predicted octanol–water partition coefficient (Wildman–Crippen LogP) is 10.3. The molecule has 0 radical (unpaired) electrons. The third kappa shape index (κ3) is 24.3. The van der Waals surface area contributed by atoms with Gasteiger partial charge in [0, 0.05) is 19.3 Å². The highest BCUT2D eigenvalue weighted by molar-refractivity contribution is 5.70. The molecule has 2 aliphatic carbocycles. The van der Waals surface area contributed by atoms with E-state index < -0.39 is 0 Å². The van der Waals surface area contributed by atoms with Gasteiger partial charge in [-0.15, -0.1) is 0 Å². The Morgan fingerprint density at radius 3 is 1.69 bits per heavy atom. The van der Waals surface area contributed by atoms with Gasteiger partial charge in [-0.1, -0.05) is 89.2 Å². The van der Waals surface area contributed by atoms with Crippen molar-refractivity contribution in [1.82, 2.24) is 4.90 Å². The average molecular weight is 676 g/mol. The normalized spacial score (nSPS) is 16.9. The monoisotopic (exact) mass is 676 g/mol. The SMILES string of the molecule is CN(C)CCCC(=O)OC(CCCCCCCCC(=O)OCCCC1C=CCC1)CCCCCCCCC(=O)OCCCC1CCCC1. The lowest BCUT2D eigenvalue weighted by atomic mass is 10.0. The minimum atomic E-state index is -0.0606. The van der Waals surface area contributed by atoms with Crippen LogP contribution in [0.4, 0.5) is 0 Å². The van der Waals surface area contributed by atoms with Crippen molar-refractivity contribution in [2.75, 3.05) is 33.9 Å². The number of hydrogen-bond donors (Lipinski definition) is 0. The number of carbonyl (C=O) groups excluding carboxylic acids is 3. The molecular weight excluding hydrogens is 602 g/mol. The maximum atomic E-state index is 12.5. The van der Waals surface area contributed by atoms with Crippen molar-refractivity contribution < 1.29 is 28.6 Å². The number of nitrogens with zero attached hydrogens (tertiary/aromatic N) is 1. The van der Waals surface area contributed by atoms with Crippen LogP contribution in [-0.2, 0) is 28.6 Å². The first-order valence-electron chi connectivity index (χ1n) is 20.2. The Hall–Kier alpha value is -1.89. The van der Waals surface area contributed by atoms with Crippen LogP contribution >= 0.6 is 0 Å². The smallest absolute Gasteiger partial charge is 0.306 e. The van der Waals surface area contributed by atoms with Crippen molar-refractivity contribution in [3.63, 3.8) is 0 Å². The predicted molar refractivity (Wildman–Crippen MR) is 196 cm³/mol. The second kappa shape index (κ2) is 28.9. The van der Waals surface area contributed by atoms with E-state index in [1.165, 1.54) is 44.9 Å². The summed E-state index contributed by atoms with van der Waals surface area (Å²) in [6.07, 6.45) is 34.0. The minimum absolute atomic E-state index is 0.0137. The fourth-order valence-electron chi connectivity index (χ4n) is 7.21. The van der Waals surface area contributed by atoms with Gasteiger partial charge in [0.2, 0.25) is 0 Å². The lowest BCUT2D eigenvalue weighted by Crippen LogP contribution is -2.20. The van der Waals surface area contributed by atoms with E-state index in [4.69, 9.17) is 14.2 Å². The zero-order valence-electron chi connectivity index (χ0n) is 31.2. The van der Waals surface area contributed by atoms with Gasteiger partial charge in [0.05, 0.1) is 13.2 Å². The van der Waals surface area contributed by atoms with Crippen LogP contribution in [0.1, 0.15) is 180 Å². The zero-order valence-corrected chi connectivity index (χ0v) is 31.2. The molecule has 0 aromatic carbocycles. The summed E-state index contributed by atoms with van der Waals surface area (Å²) in [6.45, 7) is 2.05. The van der Waals surface area contributed by atoms with Gasteiger partial charge < -0.3 is 19.1 Å². The lowest BCUT2D eigenvalue weighted by molar-refractivity contribution is -0.150. The topological polar surface area (TPSA) is 82.1 Å². The Balaban J connectivity index is 1.47. The summed E-state index contributed by atoms with van der Waals surface area (Å²) >= 11 is 0. The Bertz CT molecular complexity index is 852. The van der Waals surface area contributed by atoms with Crippen LogP contribution in [0.2, 0.25) is 0 Å². The number of ether oxygens (including phenoxy) is 3. The standard InChI is InChI=1S/C41H73NO6/c1-42(2)33-19-32-41(45)48-38(28-11-7-3-5-9-13-30-39(43)46-34-20-26-36-22-15-16-23-36)29-12-8-4-6-10-14-31-40(44)47-35-21-27-37-24-17-18-25-37/h15,22,36-38H,3-14,16-21,23-35H2,1-2H3. The van der Waals surface area contributed by atoms with Gasteiger partial charge in [-0.2, -0.15) is 0 Å². The Morgan fingerprint density at radius 2 is 1.15 bits per heavy atom. The van der Waals surface area contributed by atoms with Crippen molar-refractivity contribution >= 4 is 17.9 Å². The average Bonchev–Trinajstić information content (AvgIpc) is 3.78. The summed E-state index contributed by atoms with van der Waals surface area (Å²) in [7, 11) is 4.06. The Labute approximate surface area is 294 Å². The molecule has 278 valence electrons. The van der Waals surface area contributed by atoms with Gasteiger partial charge in [0.15, 0.2) is 0 Å². The fourth-order valence-corrected chi connectivity index (χ4v) is 7.21. The Kier molecular flexibility index (Phi) is 25.5. The number of hydrogen-bond acceptors (Lipinski definition) is 7. The zero-order chi connectivity index (χ0) is 34.5.